The monoisotopic (exact) mass is 251 g/mol. The topological polar surface area (TPSA) is 73.1 Å². The van der Waals surface area contributed by atoms with Gasteiger partial charge in [0.15, 0.2) is 0 Å². The molecule has 1 aliphatic rings. The van der Waals surface area contributed by atoms with Gasteiger partial charge in [-0.05, 0) is 18.3 Å². The molecule has 2 unspecified atom stereocenters. The molecule has 18 heavy (non-hydrogen) atoms. The van der Waals surface area contributed by atoms with E-state index in [0.29, 0.717) is 12.1 Å². The van der Waals surface area contributed by atoms with E-state index in [1.165, 1.54) is 0 Å². The molecule has 0 bridgehead atoms. The summed E-state index contributed by atoms with van der Waals surface area (Å²) in [6, 6.07) is 0.693. The lowest BCUT2D eigenvalue weighted by Gasteiger charge is -2.46. The minimum Gasteiger partial charge on any atom is -0.394 e. The van der Waals surface area contributed by atoms with Gasteiger partial charge in [0, 0.05) is 25.7 Å². The second-order valence-corrected chi connectivity index (χ2v) is 6.41. The van der Waals surface area contributed by atoms with Crippen LogP contribution in [-0.2, 0) is 7.05 Å². The quantitative estimate of drug-likeness (QED) is 0.790. The standard InChI is InChI=1S/C13H25N5/c1-13(2,3)11-7-9(14)5-6-18(11)12-10(15)8-16-17(12)4/h8-9,11H,5-7,14-15H2,1-4H3. The Kier molecular flexibility index (Phi) is 3.27. The summed E-state index contributed by atoms with van der Waals surface area (Å²) in [6.07, 6.45) is 3.74. The highest BCUT2D eigenvalue weighted by molar-refractivity contribution is 5.63. The van der Waals surface area contributed by atoms with Gasteiger partial charge in [0.1, 0.15) is 5.82 Å². The fourth-order valence-corrected chi connectivity index (χ4v) is 2.87. The number of nitrogen functional groups attached to an aromatic ring is 1. The molecule has 4 N–H and O–H groups in total. The first kappa shape index (κ1) is 13.2. The molecule has 5 nitrogen and oxygen atoms in total. The van der Waals surface area contributed by atoms with Crippen molar-refractivity contribution in [1.29, 1.82) is 0 Å². The highest BCUT2D eigenvalue weighted by atomic mass is 15.4. The van der Waals surface area contributed by atoms with Crippen molar-refractivity contribution in [2.45, 2.75) is 45.7 Å². The van der Waals surface area contributed by atoms with Gasteiger partial charge in [-0.25, -0.2) is 0 Å². The SMILES string of the molecule is Cn1ncc(N)c1N1CCC(N)CC1C(C)(C)C. The molecule has 0 spiro atoms. The van der Waals surface area contributed by atoms with E-state index in [-0.39, 0.29) is 5.41 Å². The highest BCUT2D eigenvalue weighted by Gasteiger charge is 2.37. The predicted molar refractivity (Wildman–Crippen MR) is 75.4 cm³/mol. The smallest absolute Gasteiger partial charge is 0.150 e. The van der Waals surface area contributed by atoms with E-state index in [9.17, 15) is 0 Å². The van der Waals surface area contributed by atoms with Gasteiger partial charge < -0.3 is 16.4 Å². The average Bonchev–Trinajstić information content (AvgIpc) is 2.58. The van der Waals surface area contributed by atoms with E-state index in [4.69, 9.17) is 11.5 Å². The minimum absolute atomic E-state index is 0.175. The predicted octanol–water partition coefficient (Wildman–Crippen LogP) is 1.34. The van der Waals surface area contributed by atoms with Crippen molar-refractivity contribution in [2.24, 2.45) is 18.2 Å². The molecule has 102 valence electrons. The summed E-state index contributed by atoms with van der Waals surface area (Å²) in [5.41, 5.74) is 13.1. The van der Waals surface area contributed by atoms with Gasteiger partial charge in [-0.15, -0.1) is 0 Å². The Hall–Kier alpha value is -1.23. The Bertz CT molecular complexity index is 398. The third kappa shape index (κ3) is 2.32. The summed E-state index contributed by atoms with van der Waals surface area (Å²) in [5.74, 6) is 1.03. The molecule has 5 heteroatoms. The maximum absolute atomic E-state index is 6.13. The van der Waals surface area contributed by atoms with Crippen LogP contribution < -0.4 is 16.4 Å². The lowest BCUT2D eigenvalue weighted by Crippen LogP contribution is -2.53. The molecule has 2 rings (SSSR count). The van der Waals surface area contributed by atoms with Crippen LogP contribution in [0.25, 0.3) is 0 Å². The van der Waals surface area contributed by atoms with E-state index < -0.39 is 0 Å². The van der Waals surface area contributed by atoms with Crippen LogP contribution in [0.5, 0.6) is 0 Å². The number of aromatic nitrogens is 2. The second-order valence-electron chi connectivity index (χ2n) is 6.41. The average molecular weight is 251 g/mol. The van der Waals surface area contributed by atoms with Crippen LogP contribution in [0.2, 0.25) is 0 Å². The Morgan fingerprint density at radius 3 is 2.56 bits per heavy atom. The first-order chi connectivity index (χ1) is 8.30. The molecule has 2 atom stereocenters. The summed E-state index contributed by atoms with van der Waals surface area (Å²) >= 11 is 0. The third-order valence-corrected chi connectivity index (χ3v) is 3.85. The van der Waals surface area contributed by atoms with Gasteiger partial charge in [0.05, 0.1) is 11.9 Å². The Balaban J connectivity index is 2.35. The molecule has 1 aliphatic heterocycles. The zero-order valence-corrected chi connectivity index (χ0v) is 11.8. The fraction of sp³-hybridized carbons (Fsp3) is 0.769. The minimum atomic E-state index is 0.175. The van der Waals surface area contributed by atoms with E-state index in [1.54, 1.807) is 6.20 Å². The summed E-state index contributed by atoms with van der Waals surface area (Å²) in [6.45, 7) is 7.73. The molecule has 0 aliphatic carbocycles. The maximum atomic E-state index is 6.13. The molecule has 0 saturated carbocycles. The number of hydrogen-bond donors (Lipinski definition) is 2. The molecule has 0 radical (unpaired) electrons. The maximum Gasteiger partial charge on any atom is 0.150 e. The number of nitrogens with two attached hydrogens (primary N) is 2. The normalized spacial score (nSPS) is 25.5. The molecular formula is C13H25N5. The Morgan fingerprint density at radius 2 is 2.06 bits per heavy atom. The van der Waals surface area contributed by atoms with Gasteiger partial charge in [0.2, 0.25) is 0 Å². The number of rotatable bonds is 1. The fourth-order valence-electron chi connectivity index (χ4n) is 2.87. The van der Waals surface area contributed by atoms with Crippen LogP contribution in [0, 0.1) is 5.41 Å². The Morgan fingerprint density at radius 1 is 1.39 bits per heavy atom. The molecule has 1 fully saturated rings. The van der Waals surface area contributed by atoms with Crippen LogP contribution in [0.4, 0.5) is 11.5 Å². The first-order valence-electron chi connectivity index (χ1n) is 6.60. The van der Waals surface area contributed by atoms with Crippen molar-refractivity contribution in [3.8, 4) is 0 Å². The molecule has 1 saturated heterocycles. The molecule has 0 amide bonds. The van der Waals surface area contributed by atoms with Crippen molar-refractivity contribution in [1.82, 2.24) is 9.78 Å². The molecule has 1 aromatic heterocycles. The summed E-state index contributed by atoms with van der Waals surface area (Å²) in [4.78, 5) is 2.38. The van der Waals surface area contributed by atoms with Crippen LogP contribution in [0.15, 0.2) is 6.20 Å². The van der Waals surface area contributed by atoms with E-state index in [0.717, 1.165) is 30.9 Å². The highest BCUT2D eigenvalue weighted by Crippen LogP contribution is 2.36. The van der Waals surface area contributed by atoms with Gasteiger partial charge in [-0.1, -0.05) is 20.8 Å². The van der Waals surface area contributed by atoms with E-state index >= 15 is 0 Å². The zero-order chi connectivity index (χ0) is 13.5. The van der Waals surface area contributed by atoms with E-state index in [2.05, 4.69) is 30.8 Å². The van der Waals surface area contributed by atoms with Crippen LogP contribution in [0.1, 0.15) is 33.6 Å². The summed E-state index contributed by atoms with van der Waals surface area (Å²) in [5, 5.41) is 4.25. The molecule has 1 aromatic rings. The lowest BCUT2D eigenvalue weighted by atomic mass is 9.79. The largest absolute Gasteiger partial charge is 0.394 e. The zero-order valence-electron chi connectivity index (χ0n) is 11.8. The Labute approximate surface area is 109 Å². The number of nitrogens with zero attached hydrogens (tertiary/aromatic N) is 3. The molecule has 2 heterocycles. The van der Waals surface area contributed by atoms with Crippen LogP contribution >= 0.6 is 0 Å². The number of aryl methyl sites for hydroxylation is 1. The lowest BCUT2D eigenvalue weighted by molar-refractivity contribution is 0.244. The van der Waals surface area contributed by atoms with Crippen molar-refractivity contribution in [2.75, 3.05) is 17.2 Å². The number of hydrogen-bond acceptors (Lipinski definition) is 4. The van der Waals surface area contributed by atoms with Gasteiger partial charge >= 0.3 is 0 Å². The van der Waals surface area contributed by atoms with Crippen molar-refractivity contribution in [3.05, 3.63) is 6.20 Å². The second kappa shape index (κ2) is 4.46. The summed E-state index contributed by atoms with van der Waals surface area (Å²) < 4.78 is 1.87. The molecular weight excluding hydrogens is 226 g/mol. The van der Waals surface area contributed by atoms with E-state index in [1.807, 2.05) is 11.7 Å². The van der Waals surface area contributed by atoms with Crippen molar-refractivity contribution in [3.63, 3.8) is 0 Å². The third-order valence-electron chi connectivity index (χ3n) is 3.85. The number of piperidine rings is 1. The van der Waals surface area contributed by atoms with Crippen LogP contribution in [0.3, 0.4) is 0 Å². The number of anilines is 2. The molecule has 0 aromatic carbocycles. The van der Waals surface area contributed by atoms with Gasteiger partial charge in [-0.3, -0.25) is 4.68 Å². The van der Waals surface area contributed by atoms with Gasteiger partial charge in [-0.2, -0.15) is 5.10 Å². The summed E-state index contributed by atoms with van der Waals surface area (Å²) in [7, 11) is 1.94. The van der Waals surface area contributed by atoms with Gasteiger partial charge in [0.25, 0.3) is 0 Å². The van der Waals surface area contributed by atoms with Crippen LogP contribution in [-0.4, -0.2) is 28.4 Å². The van der Waals surface area contributed by atoms with Crippen molar-refractivity contribution < 1.29 is 0 Å². The van der Waals surface area contributed by atoms with Crippen molar-refractivity contribution >= 4 is 11.5 Å². The first-order valence-corrected chi connectivity index (χ1v) is 6.60.